The van der Waals surface area contributed by atoms with Crippen LogP contribution in [0.3, 0.4) is 0 Å². The highest BCUT2D eigenvalue weighted by Gasteiger charge is 2.37. The minimum atomic E-state index is -4.26. The standard InChI is InChI=1S/C19H32F3N3O4/c1-18(2,3)29-17(27)23-15(14-5-11-28-12-6-14)16(26)25-8-4-7-24(9-10-25)13-19(20,21)22/h14-15H,4-13H2,1-3H3,(H,23,27). The molecule has 0 aromatic rings. The molecular formula is C19H32F3N3O4. The van der Waals surface area contributed by atoms with Crippen LogP contribution in [0.4, 0.5) is 18.0 Å². The summed E-state index contributed by atoms with van der Waals surface area (Å²) < 4.78 is 48.7. The Morgan fingerprint density at radius 1 is 1.10 bits per heavy atom. The summed E-state index contributed by atoms with van der Waals surface area (Å²) >= 11 is 0. The lowest BCUT2D eigenvalue weighted by molar-refractivity contribution is -0.145. The van der Waals surface area contributed by atoms with Gasteiger partial charge in [-0.2, -0.15) is 13.2 Å². The smallest absolute Gasteiger partial charge is 0.408 e. The van der Waals surface area contributed by atoms with E-state index >= 15 is 0 Å². The quantitative estimate of drug-likeness (QED) is 0.752. The predicted octanol–water partition coefficient (Wildman–Crippen LogP) is 2.40. The fourth-order valence-electron chi connectivity index (χ4n) is 3.66. The molecule has 168 valence electrons. The molecule has 29 heavy (non-hydrogen) atoms. The zero-order valence-corrected chi connectivity index (χ0v) is 17.4. The molecule has 0 aromatic heterocycles. The fourth-order valence-corrected chi connectivity index (χ4v) is 3.66. The van der Waals surface area contributed by atoms with Crippen LogP contribution in [0.1, 0.15) is 40.0 Å². The number of amides is 2. The van der Waals surface area contributed by atoms with Crippen molar-refractivity contribution in [1.29, 1.82) is 0 Å². The third-order valence-electron chi connectivity index (χ3n) is 4.98. The van der Waals surface area contributed by atoms with Crippen molar-refractivity contribution in [2.24, 2.45) is 5.92 Å². The maximum Gasteiger partial charge on any atom is 0.408 e. The first-order valence-electron chi connectivity index (χ1n) is 10.1. The van der Waals surface area contributed by atoms with Crippen LogP contribution in [-0.2, 0) is 14.3 Å². The lowest BCUT2D eigenvalue weighted by Crippen LogP contribution is -2.54. The molecule has 10 heteroatoms. The van der Waals surface area contributed by atoms with E-state index in [1.165, 1.54) is 4.90 Å². The van der Waals surface area contributed by atoms with Crippen molar-refractivity contribution >= 4 is 12.0 Å². The Labute approximate surface area is 169 Å². The summed E-state index contributed by atoms with van der Waals surface area (Å²) in [5, 5.41) is 2.71. The Morgan fingerprint density at radius 3 is 2.34 bits per heavy atom. The number of carbonyl (C=O) groups is 2. The van der Waals surface area contributed by atoms with Gasteiger partial charge in [-0.05, 0) is 46.0 Å². The molecule has 2 fully saturated rings. The lowest BCUT2D eigenvalue weighted by Gasteiger charge is -2.34. The first kappa shape index (κ1) is 23.7. The number of hydrogen-bond donors (Lipinski definition) is 1. The Bertz CT molecular complexity index is 560. The van der Waals surface area contributed by atoms with Gasteiger partial charge in [0.1, 0.15) is 11.6 Å². The number of ether oxygens (including phenoxy) is 2. The highest BCUT2D eigenvalue weighted by Crippen LogP contribution is 2.22. The molecule has 2 heterocycles. The number of hydrogen-bond acceptors (Lipinski definition) is 5. The van der Waals surface area contributed by atoms with Gasteiger partial charge in [0.15, 0.2) is 0 Å². The molecular weight excluding hydrogens is 391 g/mol. The molecule has 0 bridgehead atoms. The van der Waals surface area contributed by atoms with E-state index in [2.05, 4.69) is 5.32 Å². The molecule has 0 aromatic carbocycles. The summed E-state index contributed by atoms with van der Waals surface area (Å²) in [5.41, 5.74) is -0.700. The number of carbonyl (C=O) groups excluding carboxylic acids is 2. The van der Waals surface area contributed by atoms with Gasteiger partial charge in [-0.15, -0.1) is 0 Å². The van der Waals surface area contributed by atoms with Crippen molar-refractivity contribution < 1.29 is 32.2 Å². The summed E-state index contributed by atoms with van der Waals surface area (Å²) in [6.07, 6.45) is -3.23. The average Bonchev–Trinajstić information content (AvgIpc) is 2.82. The SMILES string of the molecule is CC(C)(C)OC(=O)NC(C(=O)N1CCCN(CC(F)(F)F)CC1)C1CCOCC1. The Hall–Kier alpha value is -1.55. The second kappa shape index (κ2) is 9.97. The number of rotatable bonds is 4. The van der Waals surface area contributed by atoms with E-state index in [1.54, 1.807) is 25.7 Å². The normalized spacial score (nSPS) is 21.4. The van der Waals surface area contributed by atoms with Crippen molar-refractivity contribution in [3.05, 3.63) is 0 Å². The molecule has 0 aliphatic carbocycles. The molecule has 1 unspecified atom stereocenters. The molecule has 2 saturated heterocycles. The second-order valence-corrected chi connectivity index (χ2v) is 8.64. The minimum Gasteiger partial charge on any atom is -0.444 e. The van der Waals surface area contributed by atoms with E-state index < -0.39 is 30.5 Å². The summed E-state index contributed by atoms with van der Waals surface area (Å²) in [7, 11) is 0. The average molecular weight is 423 g/mol. The van der Waals surface area contributed by atoms with Gasteiger partial charge in [-0.3, -0.25) is 9.69 Å². The van der Waals surface area contributed by atoms with Crippen LogP contribution in [0.15, 0.2) is 0 Å². The van der Waals surface area contributed by atoms with Gasteiger partial charge in [-0.1, -0.05) is 0 Å². The zero-order valence-electron chi connectivity index (χ0n) is 17.4. The van der Waals surface area contributed by atoms with Crippen molar-refractivity contribution in [2.75, 3.05) is 45.9 Å². The molecule has 2 amide bonds. The van der Waals surface area contributed by atoms with Crippen LogP contribution in [0.2, 0.25) is 0 Å². The van der Waals surface area contributed by atoms with Gasteiger partial charge >= 0.3 is 12.3 Å². The highest BCUT2D eigenvalue weighted by molar-refractivity contribution is 5.86. The predicted molar refractivity (Wildman–Crippen MR) is 100 cm³/mol. The summed E-state index contributed by atoms with van der Waals surface area (Å²) in [6, 6.07) is -0.775. The van der Waals surface area contributed by atoms with Crippen LogP contribution in [0.5, 0.6) is 0 Å². The maximum atomic E-state index is 13.2. The van der Waals surface area contributed by atoms with Gasteiger partial charge < -0.3 is 19.7 Å². The molecule has 2 aliphatic heterocycles. The Morgan fingerprint density at radius 2 is 1.76 bits per heavy atom. The first-order valence-corrected chi connectivity index (χ1v) is 10.1. The van der Waals surface area contributed by atoms with Gasteiger partial charge in [0.25, 0.3) is 0 Å². The molecule has 2 aliphatic rings. The van der Waals surface area contributed by atoms with Gasteiger partial charge in [-0.25, -0.2) is 4.79 Å². The van der Waals surface area contributed by atoms with Crippen LogP contribution < -0.4 is 5.32 Å². The molecule has 7 nitrogen and oxygen atoms in total. The van der Waals surface area contributed by atoms with Crippen LogP contribution in [0.25, 0.3) is 0 Å². The maximum absolute atomic E-state index is 13.2. The van der Waals surface area contributed by atoms with Crippen molar-refractivity contribution in [3.63, 3.8) is 0 Å². The van der Waals surface area contributed by atoms with Crippen molar-refractivity contribution in [1.82, 2.24) is 15.1 Å². The third kappa shape index (κ3) is 8.38. The van der Waals surface area contributed by atoms with Crippen LogP contribution in [0, 0.1) is 5.92 Å². The molecule has 1 atom stereocenters. The van der Waals surface area contributed by atoms with E-state index in [-0.39, 0.29) is 31.5 Å². The largest absolute Gasteiger partial charge is 0.444 e. The monoisotopic (exact) mass is 423 g/mol. The van der Waals surface area contributed by atoms with E-state index in [1.807, 2.05) is 0 Å². The van der Waals surface area contributed by atoms with Crippen LogP contribution >= 0.6 is 0 Å². The van der Waals surface area contributed by atoms with Crippen LogP contribution in [-0.4, -0.2) is 85.6 Å². The molecule has 0 spiro atoms. The summed E-state index contributed by atoms with van der Waals surface area (Å²) in [6.45, 7) is 6.24. The number of nitrogens with zero attached hydrogens (tertiary/aromatic N) is 2. The number of alkyl carbamates (subject to hydrolysis) is 1. The molecule has 0 saturated carbocycles. The third-order valence-corrected chi connectivity index (χ3v) is 4.98. The van der Waals surface area contributed by atoms with E-state index in [4.69, 9.17) is 9.47 Å². The fraction of sp³-hybridized carbons (Fsp3) is 0.895. The molecule has 2 rings (SSSR count). The lowest BCUT2D eigenvalue weighted by atomic mass is 9.90. The highest BCUT2D eigenvalue weighted by atomic mass is 19.4. The minimum absolute atomic E-state index is 0.0988. The van der Waals surface area contributed by atoms with E-state index in [0.29, 0.717) is 39.0 Å². The summed E-state index contributed by atoms with van der Waals surface area (Å²) in [5.74, 6) is -0.366. The second-order valence-electron chi connectivity index (χ2n) is 8.64. The first-order chi connectivity index (χ1) is 13.4. The topological polar surface area (TPSA) is 71.1 Å². The summed E-state index contributed by atoms with van der Waals surface area (Å²) in [4.78, 5) is 28.4. The Kier molecular flexibility index (Phi) is 8.16. The van der Waals surface area contributed by atoms with Gasteiger partial charge in [0.2, 0.25) is 5.91 Å². The van der Waals surface area contributed by atoms with Crippen molar-refractivity contribution in [2.45, 2.75) is 57.9 Å². The molecule has 1 N–H and O–H groups in total. The van der Waals surface area contributed by atoms with Gasteiger partial charge in [0, 0.05) is 39.4 Å². The Balaban J connectivity index is 2.04. The van der Waals surface area contributed by atoms with Crippen molar-refractivity contribution in [3.8, 4) is 0 Å². The number of nitrogens with one attached hydrogen (secondary N) is 1. The van der Waals surface area contributed by atoms with E-state index in [0.717, 1.165) is 0 Å². The zero-order chi connectivity index (χ0) is 21.7. The molecule has 0 radical (unpaired) electrons. The van der Waals surface area contributed by atoms with Gasteiger partial charge in [0.05, 0.1) is 6.54 Å². The van der Waals surface area contributed by atoms with E-state index in [9.17, 15) is 22.8 Å². The number of halogens is 3. The number of alkyl halides is 3.